The summed E-state index contributed by atoms with van der Waals surface area (Å²) >= 11 is 0. The maximum Gasteiger partial charge on any atom is 0.220 e. The number of carbonyl (C=O) groups is 1. The summed E-state index contributed by atoms with van der Waals surface area (Å²) in [6.45, 7) is 5.95. The monoisotopic (exact) mass is 306 g/mol. The Morgan fingerprint density at radius 2 is 2.00 bits per heavy atom. The quantitative estimate of drug-likeness (QED) is 0.713. The van der Waals surface area contributed by atoms with Gasteiger partial charge in [-0.15, -0.1) is 0 Å². The highest BCUT2D eigenvalue weighted by Gasteiger charge is 2.30. The number of methoxy groups -OCH3 is 1. The minimum absolute atomic E-state index is 0.106. The molecule has 0 aliphatic rings. The van der Waals surface area contributed by atoms with Gasteiger partial charge in [0.1, 0.15) is 5.75 Å². The van der Waals surface area contributed by atoms with Gasteiger partial charge in [-0.2, -0.15) is 0 Å². The molecule has 0 bridgehead atoms. The molecule has 0 unspecified atom stereocenters. The molecule has 1 aromatic rings. The highest BCUT2D eigenvalue weighted by Crippen LogP contribution is 2.37. The molecule has 4 nitrogen and oxygen atoms in total. The molecule has 0 aliphatic heterocycles. The Morgan fingerprint density at radius 3 is 2.59 bits per heavy atom. The lowest BCUT2D eigenvalue weighted by Gasteiger charge is -2.29. The zero-order valence-corrected chi connectivity index (χ0v) is 14.6. The molecule has 0 spiro atoms. The maximum absolute atomic E-state index is 12.3. The van der Waals surface area contributed by atoms with E-state index in [1.807, 2.05) is 32.3 Å². The third-order valence-electron chi connectivity index (χ3n) is 4.19. The number of rotatable bonds is 9. The summed E-state index contributed by atoms with van der Waals surface area (Å²) in [6.07, 6.45) is 2.33. The molecule has 1 aromatic carbocycles. The summed E-state index contributed by atoms with van der Waals surface area (Å²) in [7, 11) is 5.76. The molecule has 22 heavy (non-hydrogen) atoms. The molecular formula is C18H30N2O2. The molecule has 0 saturated carbocycles. The van der Waals surface area contributed by atoms with Crippen molar-refractivity contribution in [2.75, 3.05) is 34.3 Å². The maximum atomic E-state index is 12.3. The zero-order valence-electron chi connectivity index (χ0n) is 14.6. The van der Waals surface area contributed by atoms with E-state index in [4.69, 9.17) is 4.74 Å². The van der Waals surface area contributed by atoms with E-state index in [9.17, 15) is 4.79 Å². The van der Waals surface area contributed by atoms with Crippen LogP contribution in [-0.4, -0.2) is 45.1 Å². The molecule has 124 valence electrons. The van der Waals surface area contributed by atoms with Crippen LogP contribution in [0.4, 0.5) is 0 Å². The summed E-state index contributed by atoms with van der Waals surface area (Å²) < 4.78 is 5.46. The van der Waals surface area contributed by atoms with Crippen molar-refractivity contribution in [3.8, 4) is 5.75 Å². The number of ether oxygens (including phenoxy) is 1. The van der Waals surface area contributed by atoms with Gasteiger partial charge in [0, 0.05) is 23.9 Å². The molecule has 0 fully saturated rings. The zero-order chi connectivity index (χ0) is 16.6. The Morgan fingerprint density at radius 1 is 1.32 bits per heavy atom. The van der Waals surface area contributed by atoms with E-state index in [0.717, 1.165) is 37.2 Å². The lowest BCUT2D eigenvalue weighted by Crippen LogP contribution is -2.34. The smallest absolute Gasteiger partial charge is 0.220 e. The Bertz CT molecular complexity index is 474. The van der Waals surface area contributed by atoms with Crippen LogP contribution in [0.15, 0.2) is 24.3 Å². The Kier molecular flexibility index (Phi) is 7.39. The molecule has 0 heterocycles. The Labute approximate surface area is 134 Å². The summed E-state index contributed by atoms with van der Waals surface area (Å²) in [6, 6.07) is 7.97. The topological polar surface area (TPSA) is 41.6 Å². The molecule has 1 amide bonds. The first-order valence-corrected chi connectivity index (χ1v) is 7.98. The average molecular weight is 306 g/mol. The average Bonchev–Trinajstić information content (AvgIpc) is 2.51. The second-order valence-corrected chi connectivity index (χ2v) is 6.30. The fraction of sp³-hybridized carbons (Fsp3) is 0.611. The van der Waals surface area contributed by atoms with E-state index in [-0.39, 0.29) is 11.3 Å². The van der Waals surface area contributed by atoms with Gasteiger partial charge in [-0.25, -0.2) is 0 Å². The number of para-hydroxylation sites is 1. The van der Waals surface area contributed by atoms with Gasteiger partial charge in [-0.3, -0.25) is 4.79 Å². The molecule has 0 aliphatic carbocycles. The molecule has 1 rings (SSSR count). The van der Waals surface area contributed by atoms with Crippen molar-refractivity contribution < 1.29 is 9.53 Å². The molecular weight excluding hydrogens is 276 g/mol. The number of carbonyl (C=O) groups excluding carboxylic acids is 1. The standard InChI is InChI=1S/C18H30N2O2/c1-6-18(2,15-10-7-8-11-16(15)22-5)14-17(21)19-12-9-13-20(3)4/h7-8,10-11H,6,9,12-14H2,1-5H3,(H,19,21)/t18-/m0/s1. The van der Waals surface area contributed by atoms with Gasteiger partial charge in [0.25, 0.3) is 0 Å². The first-order chi connectivity index (χ1) is 10.4. The van der Waals surface area contributed by atoms with E-state index in [1.165, 1.54) is 0 Å². The molecule has 1 N–H and O–H groups in total. The Hall–Kier alpha value is -1.55. The summed E-state index contributed by atoms with van der Waals surface area (Å²) in [5.41, 5.74) is 0.890. The van der Waals surface area contributed by atoms with Gasteiger partial charge < -0.3 is 15.0 Å². The SMILES string of the molecule is CC[C@@](C)(CC(=O)NCCCN(C)C)c1ccccc1OC. The van der Waals surface area contributed by atoms with Crippen LogP contribution in [0.25, 0.3) is 0 Å². The van der Waals surface area contributed by atoms with Crippen LogP contribution in [0.1, 0.15) is 38.7 Å². The third kappa shape index (κ3) is 5.34. The van der Waals surface area contributed by atoms with E-state index in [1.54, 1.807) is 7.11 Å². The number of amides is 1. The van der Waals surface area contributed by atoms with E-state index in [2.05, 4.69) is 30.1 Å². The van der Waals surface area contributed by atoms with Gasteiger partial charge >= 0.3 is 0 Å². The van der Waals surface area contributed by atoms with Crippen LogP contribution in [0, 0.1) is 0 Å². The number of benzene rings is 1. The molecule has 4 heteroatoms. The van der Waals surface area contributed by atoms with E-state index in [0.29, 0.717) is 6.42 Å². The van der Waals surface area contributed by atoms with Gasteiger partial charge in [0.2, 0.25) is 5.91 Å². The van der Waals surface area contributed by atoms with Crippen molar-refractivity contribution in [1.29, 1.82) is 0 Å². The first kappa shape index (κ1) is 18.5. The van der Waals surface area contributed by atoms with Crippen LogP contribution < -0.4 is 10.1 Å². The third-order valence-corrected chi connectivity index (χ3v) is 4.19. The van der Waals surface area contributed by atoms with Gasteiger partial charge in [-0.1, -0.05) is 32.0 Å². The van der Waals surface area contributed by atoms with Crippen molar-refractivity contribution in [2.24, 2.45) is 0 Å². The minimum atomic E-state index is -0.210. The van der Waals surface area contributed by atoms with Crippen molar-refractivity contribution in [1.82, 2.24) is 10.2 Å². The van der Waals surface area contributed by atoms with E-state index >= 15 is 0 Å². The fourth-order valence-corrected chi connectivity index (χ4v) is 2.59. The number of hydrogen-bond acceptors (Lipinski definition) is 3. The molecule has 0 saturated heterocycles. The lowest BCUT2D eigenvalue weighted by atomic mass is 9.76. The second-order valence-electron chi connectivity index (χ2n) is 6.30. The number of nitrogens with zero attached hydrogens (tertiary/aromatic N) is 1. The predicted octanol–water partition coefficient (Wildman–Crippen LogP) is 2.82. The van der Waals surface area contributed by atoms with Crippen molar-refractivity contribution in [2.45, 2.75) is 38.5 Å². The number of nitrogens with one attached hydrogen (secondary N) is 1. The van der Waals surface area contributed by atoms with Crippen LogP contribution in [0.2, 0.25) is 0 Å². The van der Waals surface area contributed by atoms with Crippen LogP contribution in [0.5, 0.6) is 5.75 Å². The first-order valence-electron chi connectivity index (χ1n) is 7.98. The summed E-state index contributed by atoms with van der Waals surface area (Å²) in [5.74, 6) is 0.960. The van der Waals surface area contributed by atoms with E-state index < -0.39 is 0 Å². The normalized spacial score (nSPS) is 13.7. The van der Waals surface area contributed by atoms with Gasteiger partial charge in [-0.05, 0) is 39.5 Å². The highest BCUT2D eigenvalue weighted by molar-refractivity contribution is 5.77. The molecule has 0 aromatic heterocycles. The van der Waals surface area contributed by atoms with Crippen LogP contribution in [0.3, 0.4) is 0 Å². The van der Waals surface area contributed by atoms with Crippen molar-refractivity contribution >= 4 is 5.91 Å². The van der Waals surface area contributed by atoms with Crippen molar-refractivity contribution in [3.63, 3.8) is 0 Å². The number of hydrogen-bond donors (Lipinski definition) is 1. The highest BCUT2D eigenvalue weighted by atomic mass is 16.5. The molecule has 1 atom stereocenters. The summed E-state index contributed by atoms with van der Waals surface area (Å²) in [4.78, 5) is 14.4. The summed E-state index contributed by atoms with van der Waals surface area (Å²) in [5, 5.41) is 3.03. The fourth-order valence-electron chi connectivity index (χ4n) is 2.59. The van der Waals surface area contributed by atoms with Crippen molar-refractivity contribution in [3.05, 3.63) is 29.8 Å². The van der Waals surface area contributed by atoms with Crippen LogP contribution in [-0.2, 0) is 10.2 Å². The van der Waals surface area contributed by atoms with Gasteiger partial charge in [0.05, 0.1) is 7.11 Å². The Balaban J connectivity index is 2.68. The van der Waals surface area contributed by atoms with Gasteiger partial charge in [0.15, 0.2) is 0 Å². The predicted molar refractivity (Wildman–Crippen MR) is 91.4 cm³/mol. The lowest BCUT2D eigenvalue weighted by molar-refractivity contribution is -0.122. The second kappa shape index (κ2) is 8.79. The largest absolute Gasteiger partial charge is 0.496 e. The van der Waals surface area contributed by atoms with Crippen LogP contribution >= 0.6 is 0 Å². The minimum Gasteiger partial charge on any atom is -0.496 e. The molecule has 0 radical (unpaired) electrons.